The van der Waals surface area contributed by atoms with E-state index >= 15 is 0 Å². The van der Waals surface area contributed by atoms with Gasteiger partial charge in [-0.2, -0.15) is 5.26 Å². The lowest BCUT2D eigenvalue weighted by molar-refractivity contribution is -0.124. The summed E-state index contributed by atoms with van der Waals surface area (Å²) in [7, 11) is 12.4. The van der Waals surface area contributed by atoms with E-state index in [4.69, 9.17) is 24.2 Å². The number of nitrogens with one attached hydrogen (secondary N) is 5. The first-order valence-corrected chi connectivity index (χ1v) is 45.5. The van der Waals surface area contributed by atoms with Crippen molar-refractivity contribution in [1.29, 1.82) is 5.26 Å². The standard InChI is InChI=1S/C27H34N4O4.C26H35N3O3.C25H29N3O3.C24H31N3O5/c1-3-4-5-19-6-7-20(15-24(19)26(33)28-2)27(34)31-16-21-8-9-23(14-22(21)17-31)35-13-12-30-11-10-29-25(32)18-30;1-5-6-14-28(4)25(30)20-9-7-10-21(16-20)26(31)29-18-22-11-12-24(17-23(22)19-29)32-15-8-13-27(2)3;1-3-4-7-18-8-9-19(15-23(18)24(29)27-2)25(30)28-16-20-10-11-22(14-21(20)17-28)31-13-6-5-12-26;1-4-5-6-18-21(28)19(23(30)26-3)12-20(22(18)29)24(31)27-13-15-7-8-17(11-16(15)14-27)32-10-9-25-2/h6-9,14-15H,3-5,10-13,16-18H2,1-2H3,(H,28,33)(H,29,32);7,9-12,16-17H,5-6,8,13-15,18-19H2,1-4H3;8-11,14-15H,3-7,13,16-17H2,1-2H3,(H,27,29);7-8,11-12,25,28-29H,4-6,9-10,13-14H2,1-3H3,(H,26,30). The van der Waals surface area contributed by atoms with Crippen molar-refractivity contribution in [3.63, 3.8) is 0 Å². The highest BCUT2D eigenvalue weighted by molar-refractivity contribution is 6.05. The smallest absolute Gasteiger partial charge is 0.258 e. The minimum Gasteiger partial charge on any atom is -0.507 e. The molecule has 5 aliphatic rings. The fourth-order valence-corrected chi connectivity index (χ4v) is 16.1. The Labute approximate surface area is 764 Å². The van der Waals surface area contributed by atoms with E-state index in [-0.39, 0.29) is 75.4 Å². The van der Waals surface area contributed by atoms with E-state index in [1.165, 1.54) is 13.1 Å². The molecular weight excluding hydrogens is 1650 g/mol. The van der Waals surface area contributed by atoms with Gasteiger partial charge in [-0.05, 0) is 232 Å². The van der Waals surface area contributed by atoms with Gasteiger partial charge in [0.25, 0.3) is 47.3 Å². The Kier molecular flexibility index (Phi) is 37.9. The van der Waals surface area contributed by atoms with Crippen molar-refractivity contribution in [1.82, 2.24) is 60.9 Å². The van der Waals surface area contributed by atoms with E-state index < -0.39 is 5.91 Å². The van der Waals surface area contributed by atoms with Crippen LogP contribution in [0.25, 0.3) is 0 Å². The molecule has 130 heavy (non-hydrogen) atoms. The van der Waals surface area contributed by atoms with Crippen molar-refractivity contribution in [3.05, 3.63) is 245 Å². The van der Waals surface area contributed by atoms with Gasteiger partial charge in [0.05, 0.1) is 37.0 Å². The van der Waals surface area contributed by atoms with E-state index in [1.807, 2.05) is 123 Å². The Balaban J connectivity index is 0.000000180. The molecule has 8 aromatic carbocycles. The summed E-state index contributed by atoms with van der Waals surface area (Å²) in [4.78, 5) is 127. The molecular formula is C102H129N13O15. The number of likely N-dealkylation sites (N-methyl/N-ethyl adjacent to an activating group) is 1. The Bertz CT molecular complexity index is 5340. The quantitative estimate of drug-likeness (QED) is 0.0178. The number of carbonyl (C=O) groups excluding carboxylic acids is 9. The van der Waals surface area contributed by atoms with Crippen LogP contribution in [-0.2, 0) is 76.4 Å². The van der Waals surface area contributed by atoms with E-state index in [0.29, 0.717) is 164 Å². The van der Waals surface area contributed by atoms with Crippen molar-refractivity contribution in [2.24, 2.45) is 0 Å². The molecule has 9 amide bonds. The highest BCUT2D eigenvalue weighted by Crippen LogP contribution is 2.39. The molecule has 8 aromatic rings. The van der Waals surface area contributed by atoms with Crippen LogP contribution in [0.15, 0.2) is 140 Å². The van der Waals surface area contributed by atoms with Gasteiger partial charge in [0, 0.05) is 165 Å². The van der Waals surface area contributed by atoms with E-state index in [0.717, 1.165) is 162 Å². The number of unbranched alkanes of at least 4 members (excludes halogenated alkanes) is 5. The first kappa shape index (κ1) is 99.3. The topological polar surface area (TPSA) is 338 Å². The number of phenols is 2. The van der Waals surface area contributed by atoms with Crippen molar-refractivity contribution in [2.75, 3.05) is 122 Å². The summed E-state index contributed by atoms with van der Waals surface area (Å²) in [5.74, 6) is 1.12. The molecule has 7 N–H and O–H groups in total. The van der Waals surface area contributed by atoms with Gasteiger partial charge in [0.15, 0.2) is 0 Å². The number of ether oxygens (including phenoxy) is 4. The maximum absolute atomic E-state index is 13.3. The second-order valence-electron chi connectivity index (χ2n) is 33.5. The Hall–Kier alpha value is -12.8. The lowest BCUT2D eigenvalue weighted by Gasteiger charge is -2.26. The molecule has 1 fully saturated rings. The number of piperazine rings is 1. The number of rotatable bonds is 37. The third-order valence-corrected chi connectivity index (χ3v) is 23.5. The molecule has 28 nitrogen and oxygen atoms in total. The first-order chi connectivity index (χ1) is 62.8. The normalized spacial score (nSPS) is 13.3. The van der Waals surface area contributed by atoms with Crippen LogP contribution in [0.1, 0.15) is 242 Å². The number of nitrogens with zero attached hydrogens (tertiary/aromatic N) is 8. The largest absolute Gasteiger partial charge is 0.507 e. The molecule has 28 heteroatoms. The molecule has 0 aromatic heterocycles. The van der Waals surface area contributed by atoms with Crippen LogP contribution >= 0.6 is 0 Å². The van der Waals surface area contributed by atoms with E-state index in [9.17, 15) is 53.4 Å². The molecule has 13 rings (SSSR count). The van der Waals surface area contributed by atoms with Crippen molar-refractivity contribution in [3.8, 4) is 40.6 Å². The van der Waals surface area contributed by atoms with Crippen LogP contribution < -0.4 is 45.5 Å². The summed E-state index contributed by atoms with van der Waals surface area (Å²) in [6.07, 6.45) is 11.8. The van der Waals surface area contributed by atoms with Gasteiger partial charge in [-0.3, -0.25) is 48.1 Å². The molecule has 5 aliphatic heterocycles. The Morgan fingerprint density at radius 2 is 0.846 bits per heavy atom. The number of fused-ring (bicyclic) bond motifs is 4. The van der Waals surface area contributed by atoms with Crippen molar-refractivity contribution >= 4 is 53.2 Å². The molecule has 0 radical (unpaired) electrons. The van der Waals surface area contributed by atoms with Gasteiger partial charge in [-0.15, -0.1) is 0 Å². The zero-order valence-corrected chi connectivity index (χ0v) is 77.4. The van der Waals surface area contributed by atoms with Crippen molar-refractivity contribution < 1.29 is 72.3 Å². The van der Waals surface area contributed by atoms with E-state index in [2.05, 4.69) is 77.3 Å². The van der Waals surface area contributed by atoms with Crippen LogP contribution in [0, 0.1) is 11.3 Å². The minimum absolute atomic E-state index is 0.0170. The van der Waals surface area contributed by atoms with Crippen LogP contribution in [0.5, 0.6) is 34.5 Å². The third kappa shape index (κ3) is 27.1. The van der Waals surface area contributed by atoms with Gasteiger partial charge >= 0.3 is 0 Å². The lowest BCUT2D eigenvalue weighted by atomic mass is 9.97. The predicted molar refractivity (Wildman–Crippen MR) is 500 cm³/mol. The SMILES string of the molecule is CCCCN(C)C(=O)c1cccc(C(=O)N2Cc3ccc(OCCCN(C)C)cc3C2)c1.CCCCc1c(O)c(C(=O)NC)cc(C(=O)N2Cc3ccc(OCCNC)cc3C2)c1O.CCCCc1ccc(C(=O)N2Cc3ccc(OCCCC#N)cc3C2)cc1C(=O)NC.CCCCc1ccc(C(=O)N2Cc3ccc(OCCN4CCNC(=O)C4)cc3C2)cc1C(=O)NC. The molecule has 0 atom stereocenters. The fraction of sp³-hybridized carbons (Fsp3) is 0.431. The molecule has 0 spiro atoms. The number of phenolic OH excluding ortho intramolecular Hbond substituents is 2. The van der Waals surface area contributed by atoms with Gasteiger partial charge in [-0.25, -0.2) is 0 Å². The molecule has 0 aliphatic carbocycles. The number of nitriles is 1. The third-order valence-electron chi connectivity index (χ3n) is 23.5. The summed E-state index contributed by atoms with van der Waals surface area (Å²) in [6.45, 7) is 19.6. The number of aromatic hydroxyl groups is 2. The number of hydrogen-bond donors (Lipinski definition) is 7. The van der Waals surface area contributed by atoms with Crippen LogP contribution in [0.3, 0.4) is 0 Å². The summed E-state index contributed by atoms with van der Waals surface area (Å²) >= 11 is 0. The summed E-state index contributed by atoms with van der Waals surface area (Å²) < 4.78 is 23.2. The van der Waals surface area contributed by atoms with Crippen LogP contribution in [0.2, 0.25) is 0 Å². The minimum atomic E-state index is -0.512. The van der Waals surface area contributed by atoms with Gasteiger partial charge in [0.2, 0.25) is 5.91 Å². The maximum Gasteiger partial charge on any atom is 0.258 e. The van der Waals surface area contributed by atoms with Gasteiger partial charge < -0.3 is 85.1 Å². The summed E-state index contributed by atoms with van der Waals surface area (Å²) in [6, 6.07) is 45.0. The average molecular weight is 1780 g/mol. The fourth-order valence-electron chi connectivity index (χ4n) is 16.1. The molecule has 0 saturated carbocycles. The number of amides is 9. The van der Waals surface area contributed by atoms with Crippen molar-refractivity contribution in [2.45, 2.75) is 170 Å². The second kappa shape index (κ2) is 49.6. The predicted octanol–water partition coefficient (Wildman–Crippen LogP) is 13.2. The second-order valence-corrected chi connectivity index (χ2v) is 33.5. The number of benzene rings is 8. The highest BCUT2D eigenvalue weighted by atomic mass is 16.5. The summed E-state index contributed by atoms with van der Waals surface area (Å²) in [5, 5.41) is 43.7. The molecule has 5 heterocycles. The molecule has 0 bridgehead atoms. The zero-order chi connectivity index (χ0) is 93.3. The zero-order valence-electron chi connectivity index (χ0n) is 77.4. The average Bonchev–Trinajstić information content (AvgIpc) is 1.10. The first-order valence-electron chi connectivity index (χ1n) is 45.5. The summed E-state index contributed by atoms with van der Waals surface area (Å²) in [5.41, 5.74) is 14.1. The molecule has 1 saturated heterocycles. The van der Waals surface area contributed by atoms with Gasteiger partial charge in [-0.1, -0.05) is 95.8 Å². The number of aryl methyl sites for hydroxylation is 2. The van der Waals surface area contributed by atoms with E-state index in [1.54, 1.807) is 70.1 Å². The van der Waals surface area contributed by atoms with Crippen LogP contribution in [-0.4, -0.2) is 219 Å². The number of hydrogen-bond acceptors (Lipinski definition) is 19. The highest BCUT2D eigenvalue weighted by Gasteiger charge is 2.34. The number of carbonyl (C=O) groups is 9. The Morgan fingerprint density at radius 1 is 0.431 bits per heavy atom. The monoisotopic (exact) mass is 1780 g/mol. The Morgan fingerprint density at radius 3 is 1.29 bits per heavy atom. The maximum atomic E-state index is 13.3. The van der Waals surface area contributed by atoms with Gasteiger partial charge in [0.1, 0.15) is 47.7 Å². The molecule has 0 unspecified atom stereocenters. The molecule has 692 valence electrons. The lowest BCUT2D eigenvalue weighted by Crippen LogP contribution is -2.48. The van der Waals surface area contributed by atoms with Crippen LogP contribution in [0.4, 0.5) is 0 Å².